The summed E-state index contributed by atoms with van der Waals surface area (Å²) in [6, 6.07) is 16.7. The molecule has 0 bridgehead atoms. The smallest absolute Gasteiger partial charge is 0.338 e. The second-order valence-corrected chi connectivity index (χ2v) is 24.3. The highest BCUT2D eigenvalue weighted by atomic mass is 28.3. The van der Waals surface area contributed by atoms with Crippen molar-refractivity contribution in [3.05, 3.63) is 70.8 Å². The number of carbonyl (C=O) groups is 2. The molecule has 212 valence electrons. The summed E-state index contributed by atoms with van der Waals surface area (Å²) < 4.78 is 28.6. The van der Waals surface area contributed by atoms with E-state index in [4.69, 9.17) is 23.7 Å². The zero-order valence-electron chi connectivity index (χ0n) is 24.1. The van der Waals surface area contributed by atoms with Crippen molar-refractivity contribution >= 4 is 28.1 Å². The van der Waals surface area contributed by atoms with Crippen LogP contribution in [0.5, 0.6) is 0 Å². The first-order valence-corrected chi connectivity index (χ1v) is 21.1. The van der Waals surface area contributed by atoms with Gasteiger partial charge >= 0.3 is 11.9 Å². The lowest BCUT2D eigenvalue weighted by Gasteiger charge is -2.18. The number of esters is 2. The van der Waals surface area contributed by atoms with Gasteiger partial charge in [-0.15, -0.1) is 0 Å². The zero-order chi connectivity index (χ0) is 28.3. The lowest BCUT2D eigenvalue weighted by molar-refractivity contribution is 0.0402. The van der Waals surface area contributed by atoms with E-state index in [1.54, 1.807) is 24.3 Å². The van der Waals surface area contributed by atoms with E-state index in [0.29, 0.717) is 50.8 Å². The van der Waals surface area contributed by atoms with Gasteiger partial charge in [-0.1, -0.05) is 63.5 Å². The van der Waals surface area contributed by atoms with Gasteiger partial charge in [-0.25, -0.2) is 9.59 Å². The second-order valence-electron chi connectivity index (χ2n) is 13.1. The van der Waals surface area contributed by atoms with Crippen LogP contribution in [0.1, 0.15) is 31.8 Å². The number of benzene rings is 2. The van der Waals surface area contributed by atoms with Crippen molar-refractivity contribution < 1.29 is 33.3 Å². The van der Waals surface area contributed by atoms with E-state index in [0.717, 1.165) is 23.2 Å². The number of ether oxygens (including phenoxy) is 5. The van der Waals surface area contributed by atoms with Crippen molar-refractivity contribution in [1.29, 1.82) is 0 Å². The normalized spacial score (nSPS) is 22.3. The molecule has 0 N–H and O–H groups in total. The van der Waals surface area contributed by atoms with Crippen LogP contribution in [0.4, 0.5) is 0 Å². The van der Waals surface area contributed by atoms with Gasteiger partial charge in [0.2, 0.25) is 0 Å². The van der Waals surface area contributed by atoms with Crippen molar-refractivity contribution in [3.8, 4) is 0 Å². The van der Waals surface area contributed by atoms with Crippen LogP contribution in [0.2, 0.25) is 51.4 Å². The molecular weight excluding hydrogens is 528 g/mol. The molecular formula is C30H42O7Si2. The molecule has 2 heterocycles. The fourth-order valence-electron chi connectivity index (χ4n) is 4.11. The Labute approximate surface area is 234 Å². The largest absolute Gasteiger partial charge is 0.462 e. The first-order chi connectivity index (χ1) is 18.3. The molecule has 39 heavy (non-hydrogen) atoms. The molecule has 2 atom stereocenters. The van der Waals surface area contributed by atoms with Gasteiger partial charge in [0, 0.05) is 16.1 Å². The maximum atomic E-state index is 12.4. The number of carbonyl (C=O) groups excluding carboxylic acids is 2. The summed E-state index contributed by atoms with van der Waals surface area (Å²) in [5.41, 5.74) is 2.03. The third-order valence-electron chi connectivity index (χ3n) is 7.12. The minimum Gasteiger partial charge on any atom is -0.462 e. The SMILES string of the molecule is C[Si](C)(C)CCOC(=O)c1ccc(C2(COCC3(c4ccc(C(=O)OCC[Si](C)(C)C)cc4)CO3)CO2)cc1. The third-order valence-corrected chi connectivity index (χ3v) is 10.5. The zero-order valence-corrected chi connectivity index (χ0v) is 26.1. The Morgan fingerprint density at radius 2 is 1.00 bits per heavy atom. The monoisotopic (exact) mass is 570 g/mol. The van der Waals surface area contributed by atoms with Crippen molar-refractivity contribution in [3.63, 3.8) is 0 Å². The van der Waals surface area contributed by atoms with Crippen molar-refractivity contribution in [2.45, 2.75) is 62.6 Å². The van der Waals surface area contributed by atoms with Gasteiger partial charge in [-0.05, 0) is 47.5 Å². The molecule has 9 heteroatoms. The van der Waals surface area contributed by atoms with E-state index in [1.165, 1.54) is 0 Å². The Hall–Kier alpha value is -2.31. The Kier molecular flexibility index (Phi) is 8.87. The van der Waals surface area contributed by atoms with Crippen LogP contribution >= 0.6 is 0 Å². The molecule has 2 saturated heterocycles. The summed E-state index contributed by atoms with van der Waals surface area (Å²) >= 11 is 0. The van der Waals surface area contributed by atoms with Crippen molar-refractivity contribution in [2.24, 2.45) is 0 Å². The molecule has 2 unspecified atom stereocenters. The quantitative estimate of drug-likeness (QED) is 0.160. The van der Waals surface area contributed by atoms with Gasteiger partial charge in [-0.3, -0.25) is 0 Å². The first-order valence-electron chi connectivity index (χ1n) is 13.7. The molecule has 0 radical (unpaired) electrons. The number of epoxide rings is 2. The van der Waals surface area contributed by atoms with Gasteiger partial charge in [0.1, 0.15) is 11.2 Å². The second kappa shape index (κ2) is 11.7. The molecule has 0 spiro atoms. The van der Waals surface area contributed by atoms with Crippen LogP contribution in [0.15, 0.2) is 48.5 Å². The highest BCUT2D eigenvalue weighted by molar-refractivity contribution is 6.76. The fraction of sp³-hybridized carbons (Fsp3) is 0.533. The number of rotatable bonds is 14. The van der Waals surface area contributed by atoms with Crippen LogP contribution in [-0.4, -0.2) is 67.7 Å². The lowest BCUT2D eigenvalue weighted by Crippen LogP contribution is -2.24. The van der Waals surface area contributed by atoms with Crippen LogP contribution in [-0.2, 0) is 34.9 Å². The molecule has 2 aromatic rings. The van der Waals surface area contributed by atoms with E-state index < -0.39 is 27.3 Å². The minimum atomic E-state index is -1.25. The van der Waals surface area contributed by atoms with Crippen LogP contribution in [0.3, 0.4) is 0 Å². The molecule has 4 rings (SSSR count). The van der Waals surface area contributed by atoms with Crippen molar-refractivity contribution in [2.75, 3.05) is 39.6 Å². The molecule has 2 aliphatic heterocycles. The summed E-state index contributed by atoms with van der Waals surface area (Å²) in [5.74, 6) is -0.582. The topological polar surface area (TPSA) is 86.9 Å². The number of hydrogen-bond acceptors (Lipinski definition) is 7. The molecule has 2 fully saturated rings. The Morgan fingerprint density at radius 1 is 0.667 bits per heavy atom. The summed E-state index contributed by atoms with van der Waals surface area (Å²) in [5, 5.41) is 0. The van der Waals surface area contributed by atoms with E-state index in [2.05, 4.69) is 39.3 Å². The molecule has 0 aliphatic carbocycles. The maximum absolute atomic E-state index is 12.4. The van der Waals surface area contributed by atoms with Gasteiger partial charge in [-0.2, -0.15) is 0 Å². The van der Waals surface area contributed by atoms with Gasteiger partial charge in [0.05, 0.1) is 50.8 Å². The molecule has 0 aromatic heterocycles. The third kappa shape index (κ3) is 8.34. The average Bonchev–Trinajstić information content (AvgIpc) is 3.80. The number of hydrogen-bond donors (Lipinski definition) is 0. The Morgan fingerprint density at radius 3 is 1.28 bits per heavy atom. The van der Waals surface area contributed by atoms with Crippen molar-refractivity contribution in [1.82, 2.24) is 0 Å². The van der Waals surface area contributed by atoms with E-state index in [-0.39, 0.29) is 11.9 Å². The standard InChI is InChI=1S/C30H42O7Si2/c1-38(2,3)17-15-34-27(31)23-7-11-25(12-8-23)29(21-36-29)19-33-20-30(22-37-30)26-13-9-24(10-14-26)28(32)35-16-18-39(4,5)6/h7-14H,15-22H2,1-6H3. The fourth-order valence-corrected chi connectivity index (χ4v) is 5.54. The molecule has 7 nitrogen and oxygen atoms in total. The predicted molar refractivity (Wildman–Crippen MR) is 156 cm³/mol. The highest BCUT2D eigenvalue weighted by Gasteiger charge is 2.50. The Balaban J connectivity index is 1.25. The van der Waals surface area contributed by atoms with Crippen LogP contribution in [0.25, 0.3) is 0 Å². The summed E-state index contributed by atoms with van der Waals surface area (Å²) in [6.45, 7) is 16.4. The molecule has 0 amide bonds. The van der Waals surface area contributed by atoms with E-state index in [9.17, 15) is 9.59 Å². The highest BCUT2D eigenvalue weighted by Crippen LogP contribution is 2.42. The maximum Gasteiger partial charge on any atom is 0.338 e. The van der Waals surface area contributed by atoms with Gasteiger partial charge in [0.25, 0.3) is 0 Å². The lowest BCUT2D eigenvalue weighted by atomic mass is 9.98. The van der Waals surface area contributed by atoms with E-state index >= 15 is 0 Å². The van der Waals surface area contributed by atoms with Gasteiger partial charge in [0.15, 0.2) is 0 Å². The van der Waals surface area contributed by atoms with E-state index in [1.807, 2.05) is 24.3 Å². The minimum absolute atomic E-state index is 0.291. The first kappa shape index (κ1) is 29.7. The molecule has 0 saturated carbocycles. The summed E-state index contributed by atoms with van der Waals surface area (Å²) in [7, 11) is -2.49. The predicted octanol–water partition coefficient (Wildman–Crippen LogP) is 5.84. The Bertz CT molecular complexity index is 1050. The summed E-state index contributed by atoms with van der Waals surface area (Å²) in [4.78, 5) is 24.7. The average molecular weight is 571 g/mol. The molecule has 2 aliphatic rings. The van der Waals surface area contributed by atoms with Crippen LogP contribution < -0.4 is 0 Å². The van der Waals surface area contributed by atoms with Crippen LogP contribution in [0, 0.1) is 0 Å². The summed E-state index contributed by atoms with van der Waals surface area (Å²) in [6.07, 6.45) is 0. The molecule has 2 aromatic carbocycles. The van der Waals surface area contributed by atoms with Gasteiger partial charge < -0.3 is 23.7 Å².